The van der Waals surface area contributed by atoms with Crippen molar-refractivity contribution in [1.82, 2.24) is 4.98 Å². The second-order valence-corrected chi connectivity index (χ2v) is 8.00. The fourth-order valence-electron chi connectivity index (χ4n) is 4.33. The Morgan fingerprint density at radius 2 is 1.78 bits per heavy atom. The van der Waals surface area contributed by atoms with E-state index in [-0.39, 0.29) is 5.82 Å². The van der Waals surface area contributed by atoms with E-state index >= 15 is 0 Å². The average molecular weight is 369 g/mol. The van der Waals surface area contributed by atoms with Crippen LogP contribution in [-0.2, 0) is 0 Å². The summed E-state index contributed by atoms with van der Waals surface area (Å²) in [6.45, 7) is 6.43. The fraction of sp³-hybridized carbons (Fsp3) is 0.500. The Kier molecular flexibility index (Phi) is 5.46. The molecule has 0 aliphatic carbocycles. The van der Waals surface area contributed by atoms with Gasteiger partial charge in [-0.2, -0.15) is 0 Å². The molecule has 5 heteroatoms. The number of piperidine rings is 2. The molecule has 2 atom stereocenters. The van der Waals surface area contributed by atoms with Crippen molar-refractivity contribution in [3.8, 4) is 0 Å². The van der Waals surface area contributed by atoms with Gasteiger partial charge in [0.05, 0.1) is 0 Å². The molecule has 2 fully saturated rings. The van der Waals surface area contributed by atoms with E-state index in [0.29, 0.717) is 6.04 Å². The van der Waals surface area contributed by atoms with Gasteiger partial charge in [-0.15, -0.1) is 0 Å². The number of aromatic nitrogens is 1. The molecule has 0 amide bonds. The molecule has 2 aliphatic rings. The molecule has 2 saturated heterocycles. The number of nitrogens with zero attached hydrogens (tertiary/aromatic N) is 3. The summed E-state index contributed by atoms with van der Waals surface area (Å²) >= 11 is 0. The maximum absolute atomic E-state index is 13.6. The molecule has 0 spiro atoms. The van der Waals surface area contributed by atoms with Crippen molar-refractivity contribution in [2.24, 2.45) is 5.92 Å². The number of pyridine rings is 1. The quantitative estimate of drug-likeness (QED) is 0.859. The van der Waals surface area contributed by atoms with Crippen LogP contribution in [0.25, 0.3) is 0 Å². The Bertz CT molecular complexity index is 765. The lowest BCUT2D eigenvalue weighted by Crippen LogP contribution is -2.42. The van der Waals surface area contributed by atoms with Gasteiger partial charge >= 0.3 is 0 Å². The van der Waals surface area contributed by atoms with E-state index in [0.717, 1.165) is 56.4 Å². The number of hydrogen-bond donors (Lipinski definition) is 1. The first kappa shape index (κ1) is 18.1. The van der Waals surface area contributed by atoms with Crippen molar-refractivity contribution in [2.75, 3.05) is 41.3 Å². The summed E-state index contributed by atoms with van der Waals surface area (Å²) in [6, 6.07) is 11.5. The van der Waals surface area contributed by atoms with Crippen molar-refractivity contribution >= 4 is 17.2 Å². The van der Waals surface area contributed by atoms with Crippen LogP contribution < -0.4 is 15.1 Å². The van der Waals surface area contributed by atoms with Gasteiger partial charge in [0.1, 0.15) is 11.6 Å². The van der Waals surface area contributed by atoms with Crippen molar-refractivity contribution in [3.63, 3.8) is 0 Å². The number of rotatable bonds is 4. The Hall–Kier alpha value is -2.30. The van der Waals surface area contributed by atoms with E-state index in [4.69, 9.17) is 0 Å². The molecule has 0 radical (unpaired) electrons. The lowest BCUT2D eigenvalue weighted by Gasteiger charge is -2.35. The summed E-state index contributed by atoms with van der Waals surface area (Å²) in [7, 11) is 0. The van der Waals surface area contributed by atoms with Crippen molar-refractivity contribution < 1.29 is 4.39 Å². The molecule has 144 valence electrons. The lowest BCUT2D eigenvalue weighted by molar-refractivity contribution is 0.447. The minimum absolute atomic E-state index is 0.173. The first-order valence-corrected chi connectivity index (χ1v) is 10.2. The summed E-state index contributed by atoms with van der Waals surface area (Å²) in [5.74, 6) is 1.52. The van der Waals surface area contributed by atoms with Gasteiger partial charge in [-0.1, -0.05) is 13.0 Å². The third-order valence-electron chi connectivity index (χ3n) is 5.71. The molecule has 1 aromatic heterocycles. The first-order chi connectivity index (χ1) is 13.2. The van der Waals surface area contributed by atoms with Crippen molar-refractivity contribution in [3.05, 3.63) is 48.4 Å². The molecule has 4 rings (SSSR count). The average Bonchev–Trinajstić information content (AvgIpc) is 2.68. The van der Waals surface area contributed by atoms with Gasteiger partial charge < -0.3 is 15.1 Å². The molecule has 0 saturated carbocycles. The SMILES string of the molecule is C[C@@H]1CCCN(c2ccnc(N[C@@H]3CCCN(c4cccc(F)c4)C3)c2)C1. The highest BCUT2D eigenvalue weighted by molar-refractivity contribution is 5.55. The highest BCUT2D eigenvalue weighted by Gasteiger charge is 2.21. The molecule has 0 bridgehead atoms. The van der Waals surface area contributed by atoms with Crippen LogP contribution >= 0.6 is 0 Å². The normalized spacial score (nSPS) is 23.3. The predicted molar refractivity (Wildman–Crippen MR) is 110 cm³/mol. The maximum atomic E-state index is 13.6. The van der Waals surface area contributed by atoms with Crippen LogP contribution in [0.4, 0.5) is 21.6 Å². The smallest absolute Gasteiger partial charge is 0.128 e. The fourth-order valence-corrected chi connectivity index (χ4v) is 4.33. The number of halogens is 1. The van der Waals surface area contributed by atoms with E-state index in [9.17, 15) is 4.39 Å². The Labute approximate surface area is 161 Å². The number of anilines is 3. The summed E-state index contributed by atoms with van der Waals surface area (Å²) < 4.78 is 13.6. The molecule has 1 N–H and O–H groups in total. The molecule has 1 aromatic carbocycles. The molecule has 2 aromatic rings. The zero-order valence-electron chi connectivity index (χ0n) is 16.1. The third-order valence-corrected chi connectivity index (χ3v) is 5.71. The van der Waals surface area contributed by atoms with Gasteiger partial charge in [-0.05, 0) is 55.9 Å². The highest BCUT2D eigenvalue weighted by atomic mass is 19.1. The number of hydrogen-bond acceptors (Lipinski definition) is 4. The first-order valence-electron chi connectivity index (χ1n) is 10.2. The second kappa shape index (κ2) is 8.15. The van der Waals surface area contributed by atoms with Crippen LogP contribution in [0, 0.1) is 11.7 Å². The topological polar surface area (TPSA) is 31.4 Å². The van der Waals surface area contributed by atoms with E-state index in [1.807, 2.05) is 12.3 Å². The summed E-state index contributed by atoms with van der Waals surface area (Å²) in [5.41, 5.74) is 2.22. The third kappa shape index (κ3) is 4.52. The Balaban J connectivity index is 1.42. The van der Waals surface area contributed by atoms with Crippen LogP contribution in [0.3, 0.4) is 0 Å². The van der Waals surface area contributed by atoms with E-state index in [2.05, 4.69) is 39.2 Å². The van der Waals surface area contributed by atoms with Crippen LogP contribution in [0.2, 0.25) is 0 Å². The van der Waals surface area contributed by atoms with Crippen LogP contribution in [0.1, 0.15) is 32.6 Å². The minimum atomic E-state index is -0.173. The Morgan fingerprint density at radius 3 is 2.59 bits per heavy atom. The maximum Gasteiger partial charge on any atom is 0.128 e. The van der Waals surface area contributed by atoms with Crippen molar-refractivity contribution in [2.45, 2.75) is 38.6 Å². The molecular weight excluding hydrogens is 339 g/mol. The monoisotopic (exact) mass is 368 g/mol. The molecular formula is C22H29FN4. The minimum Gasteiger partial charge on any atom is -0.371 e. The van der Waals surface area contributed by atoms with Gasteiger partial charge in [-0.25, -0.2) is 9.37 Å². The summed E-state index contributed by atoms with van der Waals surface area (Å²) in [5, 5.41) is 3.61. The highest BCUT2D eigenvalue weighted by Crippen LogP contribution is 2.26. The van der Waals surface area contributed by atoms with Gasteiger partial charge in [-0.3, -0.25) is 0 Å². The van der Waals surface area contributed by atoms with E-state index in [1.54, 1.807) is 12.1 Å². The van der Waals surface area contributed by atoms with Crippen molar-refractivity contribution in [1.29, 1.82) is 0 Å². The van der Waals surface area contributed by atoms with Gasteiger partial charge in [0.15, 0.2) is 0 Å². The molecule has 0 unspecified atom stereocenters. The van der Waals surface area contributed by atoms with Crippen LogP contribution in [0.15, 0.2) is 42.6 Å². The van der Waals surface area contributed by atoms with Gasteiger partial charge in [0.25, 0.3) is 0 Å². The Morgan fingerprint density at radius 1 is 1.00 bits per heavy atom. The summed E-state index contributed by atoms with van der Waals surface area (Å²) in [6.07, 6.45) is 6.70. The van der Waals surface area contributed by atoms with Crippen LogP contribution in [0.5, 0.6) is 0 Å². The van der Waals surface area contributed by atoms with Crippen LogP contribution in [-0.4, -0.2) is 37.2 Å². The zero-order valence-corrected chi connectivity index (χ0v) is 16.1. The van der Waals surface area contributed by atoms with Gasteiger partial charge in [0.2, 0.25) is 0 Å². The number of benzene rings is 1. The van der Waals surface area contributed by atoms with E-state index < -0.39 is 0 Å². The standard InChI is InChI=1S/C22H29FN4/c1-17-5-3-11-26(15-17)21-9-10-24-22(14-21)25-19-7-4-12-27(16-19)20-8-2-6-18(23)13-20/h2,6,8-10,13-14,17,19H,3-5,7,11-12,15-16H2,1H3,(H,24,25)/t17-,19-/m1/s1. The molecule has 4 nitrogen and oxygen atoms in total. The second-order valence-electron chi connectivity index (χ2n) is 8.00. The van der Waals surface area contributed by atoms with Gasteiger partial charge in [0, 0.05) is 55.9 Å². The zero-order chi connectivity index (χ0) is 18.6. The lowest BCUT2D eigenvalue weighted by atomic mass is 10.00. The molecule has 3 heterocycles. The largest absolute Gasteiger partial charge is 0.371 e. The number of nitrogens with one attached hydrogen (secondary N) is 1. The predicted octanol–water partition coefficient (Wildman–Crippen LogP) is 4.54. The molecule has 27 heavy (non-hydrogen) atoms. The summed E-state index contributed by atoms with van der Waals surface area (Å²) in [4.78, 5) is 9.28. The van der Waals surface area contributed by atoms with E-state index in [1.165, 1.54) is 24.6 Å². The molecule has 2 aliphatic heterocycles.